The minimum atomic E-state index is -1.81. The Hall–Kier alpha value is -2.15. The molecule has 0 amide bonds. The molecule has 0 aromatic heterocycles. The van der Waals surface area contributed by atoms with Crippen LogP contribution in [0.5, 0.6) is 11.5 Å². The van der Waals surface area contributed by atoms with E-state index in [0.717, 1.165) is 42.6 Å². The highest BCUT2D eigenvalue weighted by atomic mass is 35.5. The number of rotatable bonds is 9. The number of nitrogens with zero attached hydrogens (tertiary/aromatic N) is 2. The van der Waals surface area contributed by atoms with Crippen molar-refractivity contribution in [1.82, 2.24) is 5.01 Å². The van der Waals surface area contributed by atoms with Crippen LogP contribution in [0.2, 0.25) is 0 Å². The van der Waals surface area contributed by atoms with Crippen molar-refractivity contribution in [2.75, 3.05) is 40.4 Å². The van der Waals surface area contributed by atoms with Gasteiger partial charge in [0.05, 0.1) is 27.3 Å². The Morgan fingerprint density at radius 1 is 1.00 bits per heavy atom. The number of methoxy groups -OCH3 is 2. The molecule has 1 atom stereocenters. The molecule has 2 aliphatic heterocycles. The molecule has 0 bridgehead atoms. The van der Waals surface area contributed by atoms with Crippen LogP contribution in [0.15, 0.2) is 42.5 Å². The first-order chi connectivity index (χ1) is 18.0. The molecule has 208 valence electrons. The lowest BCUT2D eigenvalue weighted by molar-refractivity contribution is -1.05. The molecule has 0 saturated carbocycles. The van der Waals surface area contributed by atoms with Gasteiger partial charge in [0.1, 0.15) is 6.54 Å². The second kappa shape index (κ2) is 12.4. The van der Waals surface area contributed by atoms with Gasteiger partial charge in [0, 0.05) is 43.5 Å². The number of Topliss-reactive ketones (excluding diaryl/α,β-unsaturated/α-hetero) is 1. The summed E-state index contributed by atoms with van der Waals surface area (Å²) in [6.45, 7) is 5.77. The van der Waals surface area contributed by atoms with E-state index in [1.165, 1.54) is 57.9 Å². The zero-order valence-corrected chi connectivity index (χ0v) is 23.7. The molecule has 2 saturated heterocycles. The zero-order valence-electron chi connectivity index (χ0n) is 22.9. The van der Waals surface area contributed by atoms with Gasteiger partial charge in [0.25, 0.3) is 0 Å². The summed E-state index contributed by atoms with van der Waals surface area (Å²) in [5, 5.41) is 2.74. The molecule has 2 heterocycles. The average molecular weight is 546 g/mol. The lowest BCUT2D eigenvalue weighted by atomic mass is 9.87. The Balaban J connectivity index is 0.00000336. The number of alkyl halides is 1. The summed E-state index contributed by atoms with van der Waals surface area (Å²) in [5.41, 5.74) is 0.781. The normalized spacial score (nSPS) is 27.4. The maximum atomic E-state index is 15.9. The number of quaternary nitrogens is 1. The molecular formula is C31H43ClFN2O3+. The molecule has 0 radical (unpaired) electrons. The molecule has 7 heteroatoms. The lowest BCUT2D eigenvalue weighted by Crippen LogP contribution is -2.63. The highest BCUT2D eigenvalue weighted by Crippen LogP contribution is 2.42. The minimum absolute atomic E-state index is 0. The van der Waals surface area contributed by atoms with Crippen LogP contribution in [0.1, 0.15) is 72.9 Å². The van der Waals surface area contributed by atoms with E-state index < -0.39 is 11.5 Å². The van der Waals surface area contributed by atoms with Crippen LogP contribution < -0.4 is 9.47 Å². The Labute approximate surface area is 233 Å². The van der Waals surface area contributed by atoms with Crippen LogP contribution in [-0.2, 0) is 13.0 Å². The van der Waals surface area contributed by atoms with E-state index in [0.29, 0.717) is 23.0 Å². The van der Waals surface area contributed by atoms with Gasteiger partial charge in [0.2, 0.25) is 5.78 Å². The van der Waals surface area contributed by atoms with E-state index in [1.54, 1.807) is 19.2 Å². The van der Waals surface area contributed by atoms with Gasteiger partial charge >= 0.3 is 0 Å². The molecular weight excluding hydrogens is 503 g/mol. The summed E-state index contributed by atoms with van der Waals surface area (Å²) in [4.78, 5) is 13.0. The predicted molar refractivity (Wildman–Crippen MR) is 151 cm³/mol. The van der Waals surface area contributed by atoms with E-state index in [2.05, 4.69) is 35.3 Å². The quantitative estimate of drug-likeness (QED) is 0.334. The summed E-state index contributed by atoms with van der Waals surface area (Å²) in [6.07, 6.45) is 8.45. The second-order valence-electron chi connectivity index (χ2n) is 11.4. The molecule has 3 aliphatic rings. The summed E-state index contributed by atoms with van der Waals surface area (Å²) < 4.78 is 27.7. The highest BCUT2D eigenvalue weighted by molar-refractivity contribution is 6.07. The third-order valence-corrected chi connectivity index (χ3v) is 9.08. The molecule has 5 rings (SSSR count). The first-order valence-corrected chi connectivity index (χ1v) is 14.1. The maximum absolute atomic E-state index is 15.9. The van der Waals surface area contributed by atoms with Gasteiger partial charge in [-0.25, -0.2) is 8.98 Å². The number of carbonyl (C=O) groups excluding carboxylic acids is 1. The van der Waals surface area contributed by atoms with Gasteiger partial charge < -0.3 is 9.47 Å². The number of ether oxygens (including phenoxy) is 2. The highest BCUT2D eigenvalue weighted by Gasteiger charge is 2.47. The Morgan fingerprint density at radius 3 is 2.32 bits per heavy atom. The van der Waals surface area contributed by atoms with E-state index in [-0.39, 0.29) is 25.2 Å². The van der Waals surface area contributed by atoms with Crippen molar-refractivity contribution < 1.29 is 23.3 Å². The Kier molecular flexibility index (Phi) is 9.38. The third-order valence-electron chi connectivity index (χ3n) is 9.08. The van der Waals surface area contributed by atoms with Gasteiger partial charge in [-0.1, -0.05) is 36.8 Å². The smallest absolute Gasteiger partial charge is 0.200 e. The molecule has 0 spiro atoms. The fraction of sp³-hybridized carbons (Fsp3) is 0.581. The fourth-order valence-electron chi connectivity index (χ4n) is 6.93. The molecule has 2 aromatic rings. The number of piperidine rings is 2. The topological polar surface area (TPSA) is 38.8 Å². The summed E-state index contributed by atoms with van der Waals surface area (Å²) >= 11 is 0. The van der Waals surface area contributed by atoms with Crippen LogP contribution in [0.4, 0.5) is 4.39 Å². The van der Waals surface area contributed by atoms with Crippen molar-refractivity contribution in [1.29, 1.82) is 0 Å². The van der Waals surface area contributed by atoms with Crippen LogP contribution in [0.25, 0.3) is 0 Å². The zero-order chi connectivity index (χ0) is 25.9. The largest absolute Gasteiger partial charge is 0.493 e. The van der Waals surface area contributed by atoms with Crippen molar-refractivity contribution >= 4 is 18.2 Å². The average Bonchev–Trinajstić information content (AvgIpc) is 3.18. The number of hydrogen-bond acceptors (Lipinski definition) is 4. The first kappa shape index (κ1) is 28.8. The van der Waals surface area contributed by atoms with E-state index in [9.17, 15) is 4.79 Å². The number of halogens is 2. The van der Waals surface area contributed by atoms with Crippen molar-refractivity contribution in [2.24, 2.45) is 5.92 Å². The van der Waals surface area contributed by atoms with E-state index in [4.69, 9.17) is 9.47 Å². The van der Waals surface area contributed by atoms with Gasteiger partial charge in [0.15, 0.2) is 17.2 Å². The summed E-state index contributed by atoms with van der Waals surface area (Å²) in [6, 6.07) is 14.3. The number of ketones is 1. The molecule has 0 N–H and O–H groups in total. The van der Waals surface area contributed by atoms with Crippen LogP contribution in [0, 0.1) is 5.92 Å². The van der Waals surface area contributed by atoms with Crippen molar-refractivity contribution in [3.05, 3.63) is 59.2 Å². The second-order valence-corrected chi connectivity index (χ2v) is 11.4. The first-order valence-electron chi connectivity index (χ1n) is 14.1. The van der Waals surface area contributed by atoms with Crippen molar-refractivity contribution in [3.8, 4) is 11.5 Å². The van der Waals surface area contributed by atoms with Gasteiger partial charge in [-0.3, -0.25) is 4.79 Å². The monoisotopic (exact) mass is 545 g/mol. The molecule has 1 unspecified atom stereocenters. The number of hydrogen-bond donors (Lipinski definition) is 0. The molecule has 5 nitrogen and oxygen atoms in total. The van der Waals surface area contributed by atoms with Gasteiger partial charge in [-0.2, -0.15) is 5.01 Å². The Bertz CT molecular complexity index is 1080. The summed E-state index contributed by atoms with van der Waals surface area (Å²) in [7, 11) is 3.10. The van der Waals surface area contributed by atoms with Gasteiger partial charge in [-0.15, -0.1) is 12.4 Å². The SMILES string of the molecule is COc1cc2c(cc1OC)C(=O)C(F)(CCCC1CC[N+](Cc3ccccc3)(N3CCCCC3)CC1)C2.Cl. The van der Waals surface area contributed by atoms with Crippen molar-refractivity contribution in [3.63, 3.8) is 0 Å². The van der Waals surface area contributed by atoms with Crippen LogP contribution >= 0.6 is 12.4 Å². The predicted octanol–water partition coefficient (Wildman–Crippen LogP) is 6.57. The third kappa shape index (κ3) is 5.88. The molecule has 2 fully saturated rings. The van der Waals surface area contributed by atoms with Crippen LogP contribution in [0.3, 0.4) is 0 Å². The molecule has 2 aromatic carbocycles. The maximum Gasteiger partial charge on any atom is 0.200 e. The van der Waals surface area contributed by atoms with Crippen molar-refractivity contribution in [2.45, 2.75) is 70.0 Å². The van der Waals surface area contributed by atoms with E-state index in [1.807, 2.05) is 0 Å². The Morgan fingerprint density at radius 2 is 1.66 bits per heavy atom. The lowest BCUT2D eigenvalue weighted by Gasteiger charge is -2.51. The number of benzene rings is 2. The minimum Gasteiger partial charge on any atom is -0.493 e. The van der Waals surface area contributed by atoms with Crippen LogP contribution in [-0.4, -0.2) is 61.5 Å². The van der Waals surface area contributed by atoms with E-state index >= 15 is 4.39 Å². The van der Waals surface area contributed by atoms with Gasteiger partial charge in [-0.05, 0) is 55.7 Å². The number of likely N-dealkylation sites (tertiary alicyclic amines) is 1. The summed E-state index contributed by atoms with van der Waals surface area (Å²) in [5.74, 6) is 1.24. The standard InChI is InChI=1S/C31H42FN2O3.ClH/c1-36-28-20-26-22-31(32,30(35)27(26)21-29(28)37-2)15-9-12-24-13-18-34(19-14-24,33-16-7-4-8-17-33)23-25-10-5-3-6-11-25;/h3,5-6,10-11,20-21,24H,4,7-9,12-19,22-23H2,1-2H3;1H/q+1;. The number of carbonyl (C=O) groups is 1. The number of fused-ring (bicyclic) bond motifs is 1. The fourth-order valence-corrected chi connectivity index (χ4v) is 6.93. The molecule has 38 heavy (non-hydrogen) atoms. The molecule has 1 aliphatic carbocycles.